The van der Waals surface area contributed by atoms with E-state index in [0.717, 1.165) is 10.8 Å². The fraction of sp³-hybridized carbons (Fsp3) is 0.263. The van der Waals surface area contributed by atoms with Gasteiger partial charge in [-0.15, -0.1) is 6.42 Å². The molecular formula is C19H24O5. The summed E-state index contributed by atoms with van der Waals surface area (Å²) in [7, 11) is 0. The van der Waals surface area contributed by atoms with Gasteiger partial charge in [-0.25, -0.2) is 4.79 Å². The smallest absolute Gasteiger partial charge is 0.335 e. The lowest BCUT2D eigenvalue weighted by molar-refractivity contribution is -0.128. The number of ether oxygens (including phenoxy) is 2. The number of carboxylic acid groups (broad SMARTS) is 1. The summed E-state index contributed by atoms with van der Waals surface area (Å²) >= 11 is 0. The van der Waals surface area contributed by atoms with Crippen LogP contribution in [0.25, 0.3) is 10.8 Å². The molecule has 0 saturated carbocycles. The number of hydrogen-bond acceptors (Lipinski definition) is 4. The third-order valence-corrected chi connectivity index (χ3v) is 2.62. The fourth-order valence-corrected chi connectivity index (χ4v) is 1.64. The highest BCUT2D eigenvalue weighted by atomic mass is 16.5. The standard InChI is InChI=1S/C14H10O3.C3H6O2.2CH4/c1-2-7-17-13-6-5-10-8-12(14(15)16)4-3-11(10)9-13;1-2-5-3-4;;/h1,3-6,8-9H,7H2,(H,15,16);3H,2H2,1H3;2*1H4. The summed E-state index contributed by atoms with van der Waals surface area (Å²) in [6.45, 7) is 2.89. The van der Waals surface area contributed by atoms with Gasteiger partial charge in [-0.3, -0.25) is 4.79 Å². The van der Waals surface area contributed by atoms with Gasteiger partial charge in [-0.05, 0) is 42.0 Å². The molecule has 0 spiro atoms. The van der Waals surface area contributed by atoms with Crippen molar-refractivity contribution in [1.82, 2.24) is 0 Å². The Morgan fingerprint density at radius 1 is 1.21 bits per heavy atom. The van der Waals surface area contributed by atoms with Crippen molar-refractivity contribution in [2.75, 3.05) is 13.2 Å². The molecule has 0 radical (unpaired) electrons. The third kappa shape index (κ3) is 7.32. The Morgan fingerprint density at radius 2 is 1.83 bits per heavy atom. The van der Waals surface area contributed by atoms with Gasteiger partial charge in [-0.1, -0.05) is 32.9 Å². The molecule has 0 saturated heterocycles. The van der Waals surface area contributed by atoms with E-state index in [-0.39, 0.29) is 27.0 Å². The Bertz CT molecular complexity index is 686. The molecule has 0 atom stereocenters. The maximum atomic E-state index is 10.8. The van der Waals surface area contributed by atoms with Gasteiger partial charge in [-0.2, -0.15) is 0 Å². The van der Waals surface area contributed by atoms with Crippen molar-refractivity contribution in [1.29, 1.82) is 0 Å². The first-order chi connectivity index (χ1) is 10.6. The van der Waals surface area contributed by atoms with Crippen LogP contribution in [0.2, 0.25) is 0 Å². The Morgan fingerprint density at radius 3 is 2.33 bits per heavy atom. The second kappa shape index (κ2) is 12.5. The van der Waals surface area contributed by atoms with E-state index in [1.807, 2.05) is 12.1 Å². The predicted molar refractivity (Wildman–Crippen MR) is 96.4 cm³/mol. The van der Waals surface area contributed by atoms with Crippen molar-refractivity contribution in [2.45, 2.75) is 21.8 Å². The number of hydrogen-bond donors (Lipinski definition) is 1. The van der Waals surface area contributed by atoms with E-state index in [9.17, 15) is 9.59 Å². The van der Waals surface area contributed by atoms with Crippen molar-refractivity contribution in [2.24, 2.45) is 0 Å². The number of carbonyl (C=O) groups is 2. The molecule has 2 aromatic rings. The van der Waals surface area contributed by atoms with Gasteiger partial charge in [0, 0.05) is 0 Å². The van der Waals surface area contributed by atoms with Crippen molar-refractivity contribution in [3.8, 4) is 18.1 Å². The Balaban J connectivity index is 0. The molecule has 0 aliphatic rings. The molecule has 1 N–H and O–H groups in total. The zero-order chi connectivity index (χ0) is 16.4. The first-order valence-corrected chi connectivity index (χ1v) is 6.51. The highest BCUT2D eigenvalue weighted by Gasteiger charge is 2.04. The molecule has 5 heteroatoms. The number of rotatable bonds is 5. The lowest BCUT2D eigenvalue weighted by atomic mass is 10.1. The molecule has 0 fully saturated rings. The van der Waals surface area contributed by atoms with E-state index < -0.39 is 5.97 Å². The minimum absolute atomic E-state index is 0. The molecule has 0 bridgehead atoms. The van der Waals surface area contributed by atoms with Crippen LogP contribution in [0.5, 0.6) is 5.75 Å². The molecule has 0 unspecified atom stereocenters. The maximum absolute atomic E-state index is 10.8. The van der Waals surface area contributed by atoms with E-state index in [4.69, 9.17) is 16.3 Å². The van der Waals surface area contributed by atoms with Crippen molar-refractivity contribution >= 4 is 23.2 Å². The fourth-order valence-electron chi connectivity index (χ4n) is 1.64. The quantitative estimate of drug-likeness (QED) is 0.662. The molecule has 2 aromatic carbocycles. The number of aromatic carboxylic acids is 1. The second-order valence-corrected chi connectivity index (χ2v) is 4.07. The van der Waals surface area contributed by atoms with Gasteiger partial charge in [0.1, 0.15) is 12.4 Å². The highest BCUT2D eigenvalue weighted by molar-refractivity contribution is 5.94. The number of terminal acetylenes is 1. The summed E-state index contributed by atoms with van der Waals surface area (Å²) in [5.74, 6) is 2.14. The largest absolute Gasteiger partial charge is 0.481 e. The van der Waals surface area contributed by atoms with Gasteiger partial charge >= 0.3 is 5.97 Å². The van der Waals surface area contributed by atoms with Gasteiger partial charge in [0.15, 0.2) is 0 Å². The Labute approximate surface area is 143 Å². The average molecular weight is 332 g/mol. The topological polar surface area (TPSA) is 72.8 Å². The number of fused-ring (bicyclic) bond motifs is 1. The monoisotopic (exact) mass is 332 g/mol. The van der Waals surface area contributed by atoms with Crippen molar-refractivity contribution in [3.05, 3.63) is 42.0 Å². The number of carboxylic acids is 1. The molecule has 0 amide bonds. The Hall–Kier alpha value is -3.00. The average Bonchev–Trinajstić information content (AvgIpc) is 2.53. The SMILES string of the molecule is C.C.C#CCOc1ccc2cc(C(=O)O)ccc2c1.CCOC=O. The minimum Gasteiger partial charge on any atom is -0.481 e. The summed E-state index contributed by atoms with van der Waals surface area (Å²) in [5, 5.41) is 10.6. The van der Waals surface area contributed by atoms with Crippen molar-refractivity contribution < 1.29 is 24.2 Å². The molecular weight excluding hydrogens is 308 g/mol. The highest BCUT2D eigenvalue weighted by Crippen LogP contribution is 2.22. The lowest BCUT2D eigenvalue weighted by Crippen LogP contribution is -1.96. The summed E-state index contributed by atoms with van der Waals surface area (Å²) in [5.41, 5.74) is 0.273. The molecule has 2 rings (SSSR count). The maximum Gasteiger partial charge on any atom is 0.335 e. The Kier molecular flexibility index (Phi) is 12.2. The number of carbonyl (C=O) groups excluding carboxylic acids is 1. The van der Waals surface area contributed by atoms with Crippen LogP contribution in [0.4, 0.5) is 0 Å². The molecule has 24 heavy (non-hydrogen) atoms. The summed E-state index contributed by atoms with van der Waals surface area (Å²) in [6, 6.07) is 10.4. The first-order valence-electron chi connectivity index (χ1n) is 6.51. The summed E-state index contributed by atoms with van der Waals surface area (Å²) in [4.78, 5) is 20.0. The van der Waals surface area contributed by atoms with Crippen LogP contribution in [0.1, 0.15) is 32.1 Å². The van der Waals surface area contributed by atoms with Crippen LogP contribution in [0.15, 0.2) is 36.4 Å². The normalized spacial score (nSPS) is 8.33. The van der Waals surface area contributed by atoms with E-state index >= 15 is 0 Å². The zero-order valence-corrected chi connectivity index (χ0v) is 12.1. The van der Waals surface area contributed by atoms with Crippen LogP contribution in [0.3, 0.4) is 0 Å². The van der Waals surface area contributed by atoms with Crippen LogP contribution in [-0.2, 0) is 9.53 Å². The predicted octanol–water partition coefficient (Wildman–Crippen LogP) is 4.00. The van der Waals surface area contributed by atoms with Gasteiger partial charge < -0.3 is 14.6 Å². The van der Waals surface area contributed by atoms with Crippen LogP contribution >= 0.6 is 0 Å². The lowest BCUT2D eigenvalue weighted by Gasteiger charge is -2.04. The molecule has 0 aromatic heterocycles. The van der Waals surface area contributed by atoms with Gasteiger partial charge in [0.05, 0.1) is 12.2 Å². The first kappa shape index (κ1) is 23.3. The third-order valence-electron chi connectivity index (χ3n) is 2.62. The molecule has 130 valence electrons. The zero-order valence-electron chi connectivity index (χ0n) is 12.1. The second-order valence-electron chi connectivity index (χ2n) is 4.07. The van der Waals surface area contributed by atoms with Gasteiger partial charge in [0.2, 0.25) is 0 Å². The van der Waals surface area contributed by atoms with Crippen LogP contribution in [-0.4, -0.2) is 30.8 Å². The molecule has 0 aliphatic carbocycles. The van der Waals surface area contributed by atoms with E-state index in [0.29, 0.717) is 18.8 Å². The van der Waals surface area contributed by atoms with Crippen molar-refractivity contribution in [3.63, 3.8) is 0 Å². The summed E-state index contributed by atoms with van der Waals surface area (Å²) < 4.78 is 9.44. The summed E-state index contributed by atoms with van der Waals surface area (Å²) in [6.07, 6.45) is 5.10. The van der Waals surface area contributed by atoms with Crippen LogP contribution < -0.4 is 4.74 Å². The molecule has 5 nitrogen and oxygen atoms in total. The van der Waals surface area contributed by atoms with Gasteiger partial charge in [0.25, 0.3) is 6.47 Å². The molecule has 0 aliphatic heterocycles. The van der Waals surface area contributed by atoms with E-state index in [1.54, 1.807) is 31.2 Å². The van der Waals surface area contributed by atoms with E-state index in [2.05, 4.69) is 10.7 Å². The number of benzene rings is 2. The van der Waals surface area contributed by atoms with Crippen LogP contribution in [0, 0.1) is 12.3 Å². The van der Waals surface area contributed by atoms with E-state index in [1.165, 1.54) is 0 Å². The molecule has 0 heterocycles. The minimum atomic E-state index is -0.931.